The maximum absolute atomic E-state index is 11.8. The van der Waals surface area contributed by atoms with Gasteiger partial charge in [-0.1, -0.05) is 25.9 Å². The van der Waals surface area contributed by atoms with E-state index in [1.165, 1.54) is 23.2 Å². The molecule has 0 radical (unpaired) electrons. The maximum Gasteiger partial charge on any atom is 0.211 e. The molecule has 5 heterocycles. The Labute approximate surface area is 208 Å². The Hall–Kier alpha value is -2.65. The smallest absolute Gasteiger partial charge is 0.211 e. The molecule has 2 aliphatic rings. The number of imidazole rings is 1. The molecule has 3 aromatic rings. The number of sulfonamides is 1. The van der Waals surface area contributed by atoms with E-state index in [0.717, 1.165) is 0 Å². The van der Waals surface area contributed by atoms with Gasteiger partial charge in [0.2, 0.25) is 10.0 Å². The average molecular weight is 522 g/mol. The lowest BCUT2D eigenvalue weighted by atomic mass is 9.92. The number of hydrogen-bond donors (Lipinski definition) is 3. The van der Waals surface area contributed by atoms with Gasteiger partial charge in [-0.15, -0.1) is 0 Å². The first kappa shape index (κ1) is 25.0. The van der Waals surface area contributed by atoms with E-state index in [4.69, 9.17) is 9.26 Å². The minimum atomic E-state index is -3.21. The lowest BCUT2D eigenvalue weighted by Crippen LogP contribution is -2.41. The Morgan fingerprint density at radius 3 is 2.47 bits per heavy atom. The largest absolute Gasteiger partial charge is 0.387 e. The third kappa shape index (κ3) is 4.59. The van der Waals surface area contributed by atoms with E-state index in [-0.39, 0.29) is 11.5 Å². The highest BCUT2D eigenvalue weighted by atomic mass is 32.2. The second-order valence-corrected chi connectivity index (χ2v) is 12.4. The van der Waals surface area contributed by atoms with Crippen LogP contribution in [0.4, 0.5) is 5.82 Å². The van der Waals surface area contributed by atoms with Gasteiger partial charge < -0.3 is 24.8 Å². The second kappa shape index (κ2) is 9.03. The summed E-state index contributed by atoms with van der Waals surface area (Å²) in [4.78, 5) is 13.1. The molecule has 3 N–H and O–H groups in total. The Bertz CT molecular complexity index is 1340. The van der Waals surface area contributed by atoms with E-state index in [0.29, 0.717) is 54.4 Å². The molecule has 196 valence electrons. The van der Waals surface area contributed by atoms with Gasteiger partial charge in [-0.25, -0.2) is 27.7 Å². The van der Waals surface area contributed by atoms with Crippen LogP contribution < -0.4 is 5.32 Å². The second-order valence-electron chi connectivity index (χ2n) is 10.4. The Morgan fingerprint density at radius 2 is 1.83 bits per heavy atom. The number of anilines is 1. The van der Waals surface area contributed by atoms with Crippen LogP contribution in [0.3, 0.4) is 0 Å². The molecule has 0 amide bonds. The van der Waals surface area contributed by atoms with Gasteiger partial charge in [0.1, 0.15) is 24.6 Å². The van der Waals surface area contributed by atoms with Gasteiger partial charge in [-0.2, -0.15) is 0 Å². The first-order valence-corrected chi connectivity index (χ1v) is 13.7. The topological polar surface area (TPSA) is 169 Å². The van der Waals surface area contributed by atoms with Gasteiger partial charge in [0.25, 0.3) is 0 Å². The summed E-state index contributed by atoms with van der Waals surface area (Å²) >= 11 is 0. The minimum absolute atomic E-state index is 0.0224. The number of aromatic nitrogens is 5. The minimum Gasteiger partial charge on any atom is -0.387 e. The van der Waals surface area contributed by atoms with Crippen molar-refractivity contribution in [3.63, 3.8) is 0 Å². The van der Waals surface area contributed by atoms with Crippen LogP contribution >= 0.6 is 0 Å². The zero-order valence-electron chi connectivity index (χ0n) is 20.6. The molecule has 0 aliphatic carbocycles. The van der Waals surface area contributed by atoms with Crippen LogP contribution in [-0.4, -0.2) is 85.2 Å². The normalized spacial score (nSPS) is 26.6. The highest BCUT2D eigenvalue weighted by Gasteiger charge is 2.47. The molecule has 2 aliphatic heterocycles. The SMILES string of the molecule is CC(C)(C)c1cc([C@H]2O[C@@H](n3cnc4c(NC5CCN(S(C)(=O)=O)CC5)ncnc43)[C@H](O)[C@@H]2O)on1. The summed E-state index contributed by atoms with van der Waals surface area (Å²) < 4.78 is 38.0. The van der Waals surface area contributed by atoms with Crippen molar-refractivity contribution in [1.82, 2.24) is 29.0 Å². The molecule has 2 saturated heterocycles. The number of ether oxygens (including phenoxy) is 1. The molecule has 0 spiro atoms. The predicted octanol–water partition coefficient (Wildman–Crippen LogP) is 0.940. The molecular formula is C22H31N7O6S. The molecule has 14 heteroatoms. The number of hydrogen-bond acceptors (Lipinski definition) is 11. The fourth-order valence-corrected chi connectivity index (χ4v) is 5.44. The van der Waals surface area contributed by atoms with Crippen molar-refractivity contribution in [3.05, 3.63) is 30.2 Å². The molecule has 0 bridgehead atoms. The Kier molecular flexibility index (Phi) is 6.27. The van der Waals surface area contributed by atoms with Gasteiger partial charge in [0, 0.05) is 30.6 Å². The van der Waals surface area contributed by atoms with E-state index in [2.05, 4.69) is 25.4 Å². The fraction of sp³-hybridized carbons (Fsp3) is 0.636. The molecule has 0 aromatic carbocycles. The van der Waals surface area contributed by atoms with Crippen LogP contribution in [0.5, 0.6) is 0 Å². The van der Waals surface area contributed by atoms with E-state index in [1.54, 1.807) is 10.6 Å². The van der Waals surface area contributed by atoms with Crippen LogP contribution in [-0.2, 0) is 20.2 Å². The number of piperidine rings is 1. The van der Waals surface area contributed by atoms with Crippen molar-refractivity contribution >= 4 is 27.0 Å². The number of aliphatic hydroxyl groups excluding tert-OH is 2. The molecule has 2 fully saturated rings. The van der Waals surface area contributed by atoms with E-state index in [1.807, 2.05) is 20.8 Å². The van der Waals surface area contributed by atoms with Gasteiger partial charge in [0.15, 0.2) is 29.0 Å². The van der Waals surface area contributed by atoms with Crippen molar-refractivity contribution in [2.45, 2.75) is 69.6 Å². The monoisotopic (exact) mass is 521 g/mol. The van der Waals surface area contributed by atoms with Crippen LogP contribution in [0.15, 0.2) is 23.2 Å². The first-order chi connectivity index (χ1) is 16.9. The van der Waals surface area contributed by atoms with Crippen molar-refractivity contribution in [3.8, 4) is 0 Å². The van der Waals surface area contributed by atoms with Crippen LogP contribution in [0.1, 0.15) is 57.4 Å². The maximum atomic E-state index is 11.8. The molecule has 5 rings (SSSR count). The average Bonchev–Trinajstić information content (AvgIpc) is 3.53. The molecule has 3 aromatic heterocycles. The van der Waals surface area contributed by atoms with Crippen LogP contribution in [0.2, 0.25) is 0 Å². The Balaban J connectivity index is 1.35. The molecule has 0 unspecified atom stereocenters. The summed E-state index contributed by atoms with van der Waals surface area (Å²) in [5.41, 5.74) is 1.37. The lowest BCUT2D eigenvalue weighted by Gasteiger charge is -2.30. The molecule has 4 atom stereocenters. The van der Waals surface area contributed by atoms with E-state index < -0.39 is 34.6 Å². The highest BCUT2D eigenvalue weighted by Crippen LogP contribution is 2.41. The van der Waals surface area contributed by atoms with Crippen molar-refractivity contribution in [2.75, 3.05) is 24.7 Å². The van der Waals surface area contributed by atoms with E-state index >= 15 is 0 Å². The molecule has 0 saturated carbocycles. The Morgan fingerprint density at radius 1 is 1.11 bits per heavy atom. The molecule has 36 heavy (non-hydrogen) atoms. The summed E-state index contributed by atoms with van der Waals surface area (Å²) in [6.45, 7) is 6.85. The van der Waals surface area contributed by atoms with Gasteiger partial charge in [0.05, 0.1) is 18.3 Å². The van der Waals surface area contributed by atoms with Gasteiger partial charge in [-0.3, -0.25) is 4.57 Å². The van der Waals surface area contributed by atoms with E-state index in [9.17, 15) is 18.6 Å². The van der Waals surface area contributed by atoms with Gasteiger partial charge >= 0.3 is 0 Å². The first-order valence-electron chi connectivity index (χ1n) is 11.8. The lowest BCUT2D eigenvalue weighted by molar-refractivity contribution is -0.0434. The summed E-state index contributed by atoms with van der Waals surface area (Å²) in [5.74, 6) is 0.835. The third-order valence-electron chi connectivity index (χ3n) is 6.71. The van der Waals surface area contributed by atoms with Crippen LogP contribution in [0, 0.1) is 0 Å². The summed E-state index contributed by atoms with van der Waals surface area (Å²) in [6.07, 6.45) is 0.973. The zero-order chi connectivity index (χ0) is 25.8. The summed E-state index contributed by atoms with van der Waals surface area (Å²) in [5, 5.41) is 29.0. The molecule has 13 nitrogen and oxygen atoms in total. The van der Waals surface area contributed by atoms with Crippen LogP contribution in [0.25, 0.3) is 11.2 Å². The van der Waals surface area contributed by atoms with Gasteiger partial charge in [-0.05, 0) is 12.8 Å². The fourth-order valence-electron chi connectivity index (χ4n) is 4.57. The third-order valence-corrected chi connectivity index (χ3v) is 8.02. The quantitative estimate of drug-likeness (QED) is 0.437. The number of rotatable bonds is 5. The van der Waals surface area contributed by atoms with Crippen molar-refractivity contribution in [1.29, 1.82) is 0 Å². The summed E-state index contributed by atoms with van der Waals surface area (Å²) in [7, 11) is -3.21. The standard InChI is InChI=1S/C22H31N7O6S/c1-22(2,3)14-9-13(35-27-14)18-16(30)17(31)21(34-18)29-11-25-15-19(23-10-24-20(15)29)26-12-5-7-28(8-6-12)36(4,32)33/h9-12,16-18,21,30-31H,5-8H2,1-4H3,(H,23,24,26)/t16-,17+,18+,21+/m0/s1. The molecular weight excluding hydrogens is 490 g/mol. The highest BCUT2D eigenvalue weighted by molar-refractivity contribution is 7.88. The number of fused-ring (bicyclic) bond motifs is 1. The van der Waals surface area contributed by atoms with Crippen molar-refractivity contribution < 1.29 is 27.9 Å². The number of aliphatic hydroxyl groups is 2. The summed E-state index contributed by atoms with van der Waals surface area (Å²) in [6, 6.07) is 1.75. The number of nitrogens with zero attached hydrogens (tertiary/aromatic N) is 6. The predicted molar refractivity (Wildman–Crippen MR) is 128 cm³/mol. The zero-order valence-corrected chi connectivity index (χ0v) is 21.4. The number of nitrogens with one attached hydrogen (secondary N) is 1. The van der Waals surface area contributed by atoms with Crippen molar-refractivity contribution in [2.24, 2.45) is 0 Å².